The average molecular weight is 383 g/mol. The van der Waals surface area contributed by atoms with Crippen molar-refractivity contribution in [2.75, 3.05) is 26.8 Å². The summed E-state index contributed by atoms with van der Waals surface area (Å²) in [4.78, 5) is 13.6. The fraction of sp³-hybridized carbons (Fsp3) is 0.348. The maximum atomic E-state index is 13.1. The molecule has 0 heterocycles. The third-order valence-electron chi connectivity index (χ3n) is 5.26. The number of aryl methyl sites for hydroxylation is 1. The third kappa shape index (κ3) is 5.06. The lowest BCUT2D eigenvalue weighted by Gasteiger charge is -2.29. The minimum absolute atomic E-state index is 0.106. The van der Waals surface area contributed by atoms with E-state index in [9.17, 15) is 14.3 Å². The number of methoxy groups -OCH3 is 1. The van der Waals surface area contributed by atoms with Gasteiger partial charge in [-0.1, -0.05) is 30.3 Å². The van der Waals surface area contributed by atoms with Crippen LogP contribution in [0.25, 0.3) is 6.08 Å². The highest BCUT2D eigenvalue weighted by Gasteiger charge is 2.27. The highest BCUT2D eigenvalue weighted by Crippen LogP contribution is 2.36. The Kier molecular flexibility index (Phi) is 6.95. The fourth-order valence-electron chi connectivity index (χ4n) is 3.81. The van der Waals surface area contributed by atoms with Gasteiger partial charge in [-0.2, -0.15) is 0 Å². The summed E-state index contributed by atoms with van der Waals surface area (Å²) < 4.78 is 17.7. The normalized spacial score (nSPS) is 15.9. The molecule has 1 N–H and O–H groups in total. The van der Waals surface area contributed by atoms with Crippen molar-refractivity contribution in [3.63, 3.8) is 0 Å². The molecule has 0 fully saturated rings. The van der Waals surface area contributed by atoms with Crippen molar-refractivity contribution in [1.29, 1.82) is 0 Å². The van der Waals surface area contributed by atoms with Gasteiger partial charge in [0.2, 0.25) is 0 Å². The van der Waals surface area contributed by atoms with Gasteiger partial charge in [-0.05, 0) is 59.7 Å². The summed E-state index contributed by atoms with van der Waals surface area (Å²) in [5.74, 6) is -0.592. The van der Waals surface area contributed by atoms with Gasteiger partial charge in [0.1, 0.15) is 5.82 Å². The van der Waals surface area contributed by atoms with Gasteiger partial charge in [0.05, 0.1) is 13.7 Å². The summed E-state index contributed by atoms with van der Waals surface area (Å²) in [6.45, 7) is 1.52. The second-order valence-electron chi connectivity index (χ2n) is 7.01. The first kappa shape index (κ1) is 20.2. The second-order valence-corrected chi connectivity index (χ2v) is 7.01. The monoisotopic (exact) mass is 383 g/mol. The number of nitrogens with zero attached hydrogens (tertiary/aromatic N) is 1. The van der Waals surface area contributed by atoms with Crippen molar-refractivity contribution in [3.8, 4) is 0 Å². The Balaban J connectivity index is 1.70. The zero-order valence-electron chi connectivity index (χ0n) is 16.1. The van der Waals surface area contributed by atoms with Gasteiger partial charge in [-0.15, -0.1) is 0 Å². The minimum Gasteiger partial charge on any atom is -0.466 e. The van der Waals surface area contributed by atoms with Gasteiger partial charge in [0.15, 0.2) is 0 Å². The number of esters is 1. The summed E-state index contributed by atoms with van der Waals surface area (Å²) in [7, 11) is 1.36. The number of ether oxygens (including phenoxy) is 1. The minimum atomic E-state index is -0.367. The number of fused-ring (bicyclic) bond motifs is 1. The maximum absolute atomic E-state index is 13.1. The molecule has 1 atom stereocenters. The molecule has 0 radical (unpaired) electrons. The zero-order chi connectivity index (χ0) is 19.9. The van der Waals surface area contributed by atoms with E-state index in [1.807, 2.05) is 18.2 Å². The molecule has 0 saturated carbocycles. The molecule has 148 valence electrons. The van der Waals surface area contributed by atoms with Gasteiger partial charge in [0.25, 0.3) is 0 Å². The second kappa shape index (κ2) is 9.62. The lowest BCUT2D eigenvalue weighted by atomic mass is 10.0. The summed E-state index contributed by atoms with van der Waals surface area (Å²) in [6.07, 6.45) is 5.97. The van der Waals surface area contributed by atoms with Gasteiger partial charge >= 0.3 is 5.97 Å². The van der Waals surface area contributed by atoms with Crippen molar-refractivity contribution in [2.45, 2.75) is 25.3 Å². The first-order valence-corrected chi connectivity index (χ1v) is 9.59. The Morgan fingerprint density at radius 3 is 2.75 bits per heavy atom. The standard InChI is InChI=1S/C23H26FNO3/c1-28-23(27)11-5-18-4-9-21-19(16-18)6-10-22(21)25(14-15-26)13-12-17-2-7-20(24)8-3-17/h2-5,7-9,11,16,22,26H,6,10,12-15H2,1H3. The van der Waals surface area contributed by atoms with Crippen molar-refractivity contribution < 1.29 is 19.0 Å². The molecule has 0 bridgehead atoms. The van der Waals surface area contributed by atoms with Crippen LogP contribution in [-0.2, 0) is 22.4 Å². The predicted octanol–water partition coefficient (Wildman–Crippen LogP) is 3.54. The van der Waals surface area contributed by atoms with Crippen LogP contribution in [-0.4, -0.2) is 42.8 Å². The predicted molar refractivity (Wildman–Crippen MR) is 107 cm³/mol. The van der Waals surface area contributed by atoms with Crippen molar-refractivity contribution >= 4 is 12.0 Å². The van der Waals surface area contributed by atoms with Crippen LogP contribution in [0.5, 0.6) is 0 Å². The van der Waals surface area contributed by atoms with Crippen LogP contribution in [0.15, 0.2) is 48.5 Å². The number of rotatable bonds is 8. The average Bonchev–Trinajstić information content (AvgIpc) is 3.13. The fourth-order valence-corrected chi connectivity index (χ4v) is 3.81. The molecule has 0 amide bonds. The molecule has 1 unspecified atom stereocenters. The molecule has 2 aromatic carbocycles. The number of hydrogen-bond acceptors (Lipinski definition) is 4. The highest BCUT2D eigenvalue weighted by atomic mass is 19.1. The highest BCUT2D eigenvalue weighted by molar-refractivity contribution is 5.86. The topological polar surface area (TPSA) is 49.8 Å². The molecule has 3 rings (SSSR count). The SMILES string of the molecule is COC(=O)C=Cc1ccc2c(c1)CCC2N(CCO)CCc1ccc(F)cc1. The lowest BCUT2D eigenvalue weighted by molar-refractivity contribution is -0.134. The van der Waals surface area contributed by atoms with Gasteiger partial charge in [-0.25, -0.2) is 9.18 Å². The quantitative estimate of drug-likeness (QED) is 0.560. The first-order valence-electron chi connectivity index (χ1n) is 9.59. The summed E-state index contributed by atoms with van der Waals surface area (Å²) in [5, 5.41) is 9.52. The zero-order valence-corrected chi connectivity index (χ0v) is 16.1. The molecular weight excluding hydrogens is 357 g/mol. The number of aliphatic hydroxyl groups excluding tert-OH is 1. The Hall–Kier alpha value is -2.50. The van der Waals surface area contributed by atoms with E-state index in [-0.39, 0.29) is 24.4 Å². The number of carbonyl (C=O) groups excluding carboxylic acids is 1. The molecule has 0 saturated heterocycles. The van der Waals surface area contributed by atoms with E-state index in [1.165, 1.54) is 36.4 Å². The molecule has 1 aliphatic carbocycles. The van der Waals surface area contributed by atoms with Gasteiger partial charge in [0, 0.05) is 25.2 Å². The van der Waals surface area contributed by atoms with Crippen LogP contribution in [0.1, 0.15) is 34.7 Å². The number of halogens is 1. The van der Waals surface area contributed by atoms with Crippen LogP contribution in [0, 0.1) is 5.82 Å². The number of carbonyl (C=O) groups is 1. The van der Waals surface area contributed by atoms with E-state index in [0.717, 1.165) is 36.9 Å². The number of benzene rings is 2. The maximum Gasteiger partial charge on any atom is 0.330 e. The van der Waals surface area contributed by atoms with E-state index >= 15 is 0 Å². The van der Waals surface area contributed by atoms with E-state index in [2.05, 4.69) is 21.8 Å². The molecule has 2 aromatic rings. The Morgan fingerprint density at radius 2 is 2.04 bits per heavy atom. The molecule has 0 aliphatic heterocycles. The Labute approximate surface area is 165 Å². The molecule has 28 heavy (non-hydrogen) atoms. The summed E-state index contributed by atoms with van der Waals surface area (Å²) in [5.41, 5.74) is 4.63. The van der Waals surface area contributed by atoms with Crippen LogP contribution in [0.4, 0.5) is 4.39 Å². The van der Waals surface area contributed by atoms with Gasteiger partial charge < -0.3 is 9.84 Å². The molecule has 1 aliphatic rings. The molecule has 4 nitrogen and oxygen atoms in total. The smallest absolute Gasteiger partial charge is 0.330 e. The van der Waals surface area contributed by atoms with E-state index in [0.29, 0.717) is 6.54 Å². The molecular formula is C23H26FNO3. The number of hydrogen-bond donors (Lipinski definition) is 1. The van der Waals surface area contributed by atoms with E-state index in [4.69, 9.17) is 0 Å². The Bertz CT molecular complexity index is 832. The van der Waals surface area contributed by atoms with Gasteiger partial charge in [-0.3, -0.25) is 4.90 Å². The van der Waals surface area contributed by atoms with Crippen molar-refractivity contribution in [1.82, 2.24) is 4.90 Å². The third-order valence-corrected chi connectivity index (χ3v) is 5.26. The summed E-state index contributed by atoms with van der Waals surface area (Å²) in [6, 6.07) is 13.1. The van der Waals surface area contributed by atoms with Crippen LogP contribution in [0.3, 0.4) is 0 Å². The van der Waals surface area contributed by atoms with E-state index < -0.39 is 0 Å². The first-order chi connectivity index (χ1) is 13.6. The van der Waals surface area contributed by atoms with Crippen LogP contribution in [0.2, 0.25) is 0 Å². The molecule has 0 spiro atoms. The van der Waals surface area contributed by atoms with Crippen LogP contribution >= 0.6 is 0 Å². The molecule has 5 heteroatoms. The van der Waals surface area contributed by atoms with Crippen molar-refractivity contribution in [3.05, 3.63) is 76.6 Å². The largest absolute Gasteiger partial charge is 0.466 e. The van der Waals surface area contributed by atoms with E-state index in [1.54, 1.807) is 6.08 Å². The molecule has 0 aromatic heterocycles. The summed E-state index contributed by atoms with van der Waals surface area (Å²) >= 11 is 0. The lowest BCUT2D eigenvalue weighted by Crippen LogP contribution is -2.32. The number of aliphatic hydroxyl groups is 1. The Morgan fingerprint density at radius 1 is 1.25 bits per heavy atom. The van der Waals surface area contributed by atoms with Crippen LogP contribution < -0.4 is 0 Å². The van der Waals surface area contributed by atoms with Crippen molar-refractivity contribution in [2.24, 2.45) is 0 Å².